The first kappa shape index (κ1) is 12.8. The fraction of sp³-hybridized carbons (Fsp3) is 0.455. The highest BCUT2D eigenvalue weighted by Crippen LogP contribution is 2.29. The normalized spacial score (nSPS) is 25.7. The van der Waals surface area contributed by atoms with Crippen LogP contribution in [0.2, 0.25) is 5.02 Å². The van der Waals surface area contributed by atoms with Gasteiger partial charge in [-0.15, -0.1) is 12.4 Å². The molecule has 1 saturated heterocycles. The maximum atomic E-state index is 10.3. The molecule has 0 saturated carbocycles. The van der Waals surface area contributed by atoms with E-state index in [0.717, 1.165) is 24.9 Å². The molecule has 0 amide bonds. The average molecular weight is 248 g/mol. The van der Waals surface area contributed by atoms with Crippen LogP contribution >= 0.6 is 24.0 Å². The van der Waals surface area contributed by atoms with Crippen LogP contribution in [0, 0.1) is 0 Å². The van der Waals surface area contributed by atoms with Gasteiger partial charge in [-0.1, -0.05) is 23.7 Å². The van der Waals surface area contributed by atoms with Crippen molar-refractivity contribution >= 4 is 24.0 Å². The molecule has 1 atom stereocenters. The van der Waals surface area contributed by atoms with Crippen molar-refractivity contribution in [2.45, 2.75) is 18.4 Å². The summed E-state index contributed by atoms with van der Waals surface area (Å²) in [6.07, 6.45) is 1.81. The number of piperidine rings is 1. The van der Waals surface area contributed by atoms with Crippen LogP contribution < -0.4 is 5.32 Å². The van der Waals surface area contributed by atoms with E-state index >= 15 is 0 Å². The van der Waals surface area contributed by atoms with Crippen molar-refractivity contribution in [1.29, 1.82) is 0 Å². The molecule has 1 aliphatic heterocycles. The van der Waals surface area contributed by atoms with Crippen molar-refractivity contribution < 1.29 is 5.11 Å². The van der Waals surface area contributed by atoms with Crippen LogP contribution in [0.25, 0.3) is 0 Å². The highest BCUT2D eigenvalue weighted by atomic mass is 35.5. The lowest BCUT2D eigenvalue weighted by Crippen LogP contribution is -2.43. The number of hydrogen-bond acceptors (Lipinski definition) is 2. The fourth-order valence-electron chi connectivity index (χ4n) is 1.91. The van der Waals surface area contributed by atoms with Gasteiger partial charge >= 0.3 is 0 Å². The number of rotatable bonds is 1. The van der Waals surface area contributed by atoms with Gasteiger partial charge in [0.1, 0.15) is 5.60 Å². The predicted octanol–water partition coefficient (Wildman–Crippen LogP) is 2.33. The van der Waals surface area contributed by atoms with E-state index in [2.05, 4.69) is 5.32 Å². The number of halogens is 2. The first-order chi connectivity index (χ1) is 6.71. The number of hydrogen-bond donors (Lipinski definition) is 2. The standard InChI is InChI=1S/C11H14ClNO.ClH/c12-10-4-1-3-9(7-10)11(14)5-2-6-13-8-11;/h1,3-4,7,13-14H,2,5-6,8H2;1H. The Bertz CT molecular complexity index is 324. The zero-order chi connectivity index (χ0) is 10.0. The van der Waals surface area contributed by atoms with Crippen LogP contribution in [0.15, 0.2) is 24.3 Å². The summed E-state index contributed by atoms with van der Waals surface area (Å²) in [7, 11) is 0. The molecule has 1 aromatic rings. The Labute approximate surface area is 101 Å². The van der Waals surface area contributed by atoms with Gasteiger partial charge in [-0.3, -0.25) is 0 Å². The molecule has 0 aromatic heterocycles. The molecule has 2 rings (SSSR count). The molecule has 1 unspecified atom stereocenters. The second-order valence-electron chi connectivity index (χ2n) is 3.82. The third-order valence-corrected chi connectivity index (χ3v) is 2.96. The van der Waals surface area contributed by atoms with Gasteiger partial charge in [0.15, 0.2) is 0 Å². The van der Waals surface area contributed by atoms with Gasteiger partial charge in [0.05, 0.1) is 0 Å². The van der Waals surface area contributed by atoms with E-state index in [0.29, 0.717) is 11.6 Å². The maximum absolute atomic E-state index is 10.3. The first-order valence-electron chi connectivity index (χ1n) is 4.90. The fourth-order valence-corrected chi connectivity index (χ4v) is 2.10. The lowest BCUT2D eigenvalue weighted by molar-refractivity contribution is 0.0123. The quantitative estimate of drug-likeness (QED) is 0.799. The Morgan fingerprint density at radius 1 is 1.40 bits per heavy atom. The Hall–Kier alpha value is -0.280. The van der Waals surface area contributed by atoms with Crippen molar-refractivity contribution in [2.24, 2.45) is 0 Å². The zero-order valence-electron chi connectivity index (χ0n) is 8.37. The minimum Gasteiger partial charge on any atom is -0.384 e. The third kappa shape index (κ3) is 2.85. The predicted molar refractivity (Wildman–Crippen MR) is 64.7 cm³/mol. The lowest BCUT2D eigenvalue weighted by Gasteiger charge is -2.33. The SMILES string of the molecule is Cl.OC1(c2cccc(Cl)c2)CCCNC1. The molecular weight excluding hydrogens is 233 g/mol. The maximum Gasteiger partial charge on any atom is 0.102 e. The molecule has 0 bridgehead atoms. The van der Waals surface area contributed by atoms with E-state index in [1.165, 1.54) is 0 Å². The molecule has 1 heterocycles. The van der Waals surface area contributed by atoms with Crippen LogP contribution in [0.1, 0.15) is 18.4 Å². The van der Waals surface area contributed by atoms with Crippen LogP contribution in [-0.2, 0) is 5.60 Å². The van der Waals surface area contributed by atoms with Gasteiger partial charge in [-0.2, -0.15) is 0 Å². The minimum absolute atomic E-state index is 0. The summed E-state index contributed by atoms with van der Waals surface area (Å²) < 4.78 is 0. The Kier molecular flexibility index (Phi) is 4.41. The number of β-amino-alcohol motifs (C(OH)–C–C–N with tert-alkyl or cyclic N) is 1. The van der Waals surface area contributed by atoms with Gasteiger partial charge in [0.2, 0.25) is 0 Å². The topological polar surface area (TPSA) is 32.3 Å². The molecule has 1 aliphatic rings. The van der Waals surface area contributed by atoms with Gasteiger partial charge < -0.3 is 10.4 Å². The van der Waals surface area contributed by atoms with Crippen LogP contribution in [-0.4, -0.2) is 18.2 Å². The third-order valence-electron chi connectivity index (χ3n) is 2.72. The van der Waals surface area contributed by atoms with Gasteiger partial charge in [-0.05, 0) is 37.1 Å². The number of nitrogens with one attached hydrogen (secondary N) is 1. The highest BCUT2D eigenvalue weighted by Gasteiger charge is 2.30. The molecule has 2 nitrogen and oxygen atoms in total. The van der Waals surface area contributed by atoms with E-state index in [1.807, 2.05) is 24.3 Å². The summed E-state index contributed by atoms with van der Waals surface area (Å²) in [4.78, 5) is 0. The zero-order valence-corrected chi connectivity index (χ0v) is 9.94. The number of aliphatic hydroxyl groups is 1. The van der Waals surface area contributed by atoms with E-state index < -0.39 is 5.60 Å². The van der Waals surface area contributed by atoms with Crippen LogP contribution in [0.4, 0.5) is 0 Å². The molecular formula is C11H15Cl2NO. The molecule has 0 aliphatic carbocycles. The summed E-state index contributed by atoms with van der Waals surface area (Å²) >= 11 is 5.89. The van der Waals surface area contributed by atoms with E-state index in [9.17, 15) is 5.11 Å². The lowest BCUT2D eigenvalue weighted by atomic mass is 9.87. The molecule has 1 fully saturated rings. The highest BCUT2D eigenvalue weighted by molar-refractivity contribution is 6.30. The first-order valence-corrected chi connectivity index (χ1v) is 5.28. The average Bonchev–Trinajstić information content (AvgIpc) is 2.19. The second kappa shape index (κ2) is 5.17. The van der Waals surface area contributed by atoms with Gasteiger partial charge in [0, 0.05) is 11.6 Å². The Balaban J connectivity index is 0.00000112. The monoisotopic (exact) mass is 247 g/mol. The summed E-state index contributed by atoms with van der Waals surface area (Å²) in [5.74, 6) is 0. The van der Waals surface area contributed by atoms with Gasteiger partial charge in [0.25, 0.3) is 0 Å². The molecule has 4 heteroatoms. The van der Waals surface area contributed by atoms with Crippen molar-refractivity contribution in [1.82, 2.24) is 5.32 Å². The second-order valence-corrected chi connectivity index (χ2v) is 4.26. The van der Waals surface area contributed by atoms with Crippen LogP contribution in [0.5, 0.6) is 0 Å². The largest absolute Gasteiger partial charge is 0.384 e. The smallest absolute Gasteiger partial charge is 0.102 e. The summed E-state index contributed by atoms with van der Waals surface area (Å²) in [6.45, 7) is 1.61. The van der Waals surface area contributed by atoms with Gasteiger partial charge in [-0.25, -0.2) is 0 Å². The Morgan fingerprint density at radius 3 is 2.80 bits per heavy atom. The van der Waals surface area contributed by atoms with Crippen molar-refractivity contribution in [2.75, 3.05) is 13.1 Å². The molecule has 0 radical (unpaired) electrons. The minimum atomic E-state index is -0.733. The number of benzene rings is 1. The van der Waals surface area contributed by atoms with Crippen molar-refractivity contribution in [3.05, 3.63) is 34.9 Å². The molecule has 0 spiro atoms. The van der Waals surface area contributed by atoms with E-state index in [1.54, 1.807) is 0 Å². The molecule has 2 N–H and O–H groups in total. The van der Waals surface area contributed by atoms with Crippen LogP contribution in [0.3, 0.4) is 0 Å². The van der Waals surface area contributed by atoms with Crippen molar-refractivity contribution in [3.8, 4) is 0 Å². The Morgan fingerprint density at radius 2 is 2.20 bits per heavy atom. The van der Waals surface area contributed by atoms with E-state index in [-0.39, 0.29) is 12.4 Å². The molecule has 84 valence electrons. The summed E-state index contributed by atoms with van der Waals surface area (Å²) in [6, 6.07) is 7.47. The summed E-state index contributed by atoms with van der Waals surface area (Å²) in [5.41, 5.74) is 0.181. The molecule has 1 aromatic carbocycles. The van der Waals surface area contributed by atoms with E-state index in [4.69, 9.17) is 11.6 Å². The summed E-state index contributed by atoms with van der Waals surface area (Å²) in [5, 5.41) is 14.2. The molecule has 15 heavy (non-hydrogen) atoms. The van der Waals surface area contributed by atoms with Crippen molar-refractivity contribution in [3.63, 3.8) is 0 Å².